The van der Waals surface area contributed by atoms with Gasteiger partial charge < -0.3 is 14.8 Å². The number of hydrogen-bond donors (Lipinski definition) is 1. The van der Waals surface area contributed by atoms with Crippen molar-refractivity contribution >= 4 is 11.9 Å². The zero-order valence-electron chi connectivity index (χ0n) is 18.8. The summed E-state index contributed by atoms with van der Waals surface area (Å²) in [5, 5.41) is 3.35. The number of esters is 2. The molecule has 0 atom stereocenters. The second kappa shape index (κ2) is 11.3. The van der Waals surface area contributed by atoms with Crippen LogP contribution < -0.4 is 14.8 Å². The minimum absolute atomic E-state index is 0.210. The standard InChI is InChI=1S/C27H29NO4/c1-4-16-28-17-15-21-9-14-24(31-26(29)22-10-5-19(2)6-11-22)25(18-21)32-27(30)23-12-7-20(3)8-13-23/h5-14,18,28H,4,15-17H2,1-3H3. The first-order chi connectivity index (χ1) is 15.5. The Morgan fingerprint density at radius 1 is 0.719 bits per heavy atom. The van der Waals surface area contributed by atoms with Crippen molar-refractivity contribution in [3.8, 4) is 11.5 Å². The Labute approximate surface area is 189 Å². The van der Waals surface area contributed by atoms with Crippen molar-refractivity contribution in [1.29, 1.82) is 0 Å². The Morgan fingerprint density at radius 2 is 1.25 bits per heavy atom. The molecule has 0 fully saturated rings. The van der Waals surface area contributed by atoms with Gasteiger partial charge in [0, 0.05) is 0 Å². The molecular weight excluding hydrogens is 402 g/mol. The molecule has 3 aromatic carbocycles. The van der Waals surface area contributed by atoms with Crippen molar-refractivity contribution in [3.63, 3.8) is 0 Å². The minimum atomic E-state index is -0.505. The van der Waals surface area contributed by atoms with Crippen molar-refractivity contribution < 1.29 is 19.1 Å². The van der Waals surface area contributed by atoms with E-state index in [-0.39, 0.29) is 11.5 Å². The van der Waals surface area contributed by atoms with Gasteiger partial charge >= 0.3 is 11.9 Å². The molecule has 0 heterocycles. The molecule has 1 N–H and O–H groups in total. The molecule has 0 aliphatic carbocycles. The zero-order chi connectivity index (χ0) is 22.9. The first kappa shape index (κ1) is 23.2. The van der Waals surface area contributed by atoms with Gasteiger partial charge in [-0.2, -0.15) is 0 Å². The highest BCUT2D eigenvalue weighted by Gasteiger charge is 2.17. The van der Waals surface area contributed by atoms with Crippen LogP contribution in [0.4, 0.5) is 0 Å². The van der Waals surface area contributed by atoms with Crippen LogP contribution in [-0.2, 0) is 6.42 Å². The van der Waals surface area contributed by atoms with Gasteiger partial charge in [0.1, 0.15) is 0 Å². The highest BCUT2D eigenvalue weighted by molar-refractivity contribution is 5.93. The summed E-state index contributed by atoms with van der Waals surface area (Å²) in [4.78, 5) is 25.3. The van der Waals surface area contributed by atoms with E-state index in [1.807, 2.05) is 44.2 Å². The topological polar surface area (TPSA) is 64.6 Å². The van der Waals surface area contributed by atoms with Gasteiger partial charge in [-0.05, 0) is 81.7 Å². The minimum Gasteiger partial charge on any atom is -0.419 e. The first-order valence-electron chi connectivity index (χ1n) is 10.9. The van der Waals surface area contributed by atoms with E-state index < -0.39 is 11.9 Å². The fourth-order valence-corrected chi connectivity index (χ4v) is 3.10. The Morgan fingerprint density at radius 3 is 1.78 bits per heavy atom. The maximum atomic E-state index is 12.7. The summed E-state index contributed by atoms with van der Waals surface area (Å²) >= 11 is 0. The number of benzene rings is 3. The number of rotatable bonds is 9. The molecule has 0 aliphatic heterocycles. The average molecular weight is 432 g/mol. The van der Waals surface area contributed by atoms with Crippen LogP contribution in [0.15, 0.2) is 66.7 Å². The molecule has 3 rings (SSSR count). The van der Waals surface area contributed by atoms with E-state index in [0.29, 0.717) is 11.1 Å². The predicted octanol–water partition coefficient (Wildman–Crippen LogP) is 5.28. The molecule has 0 radical (unpaired) electrons. The van der Waals surface area contributed by atoms with Gasteiger partial charge in [0.05, 0.1) is 11.1 Å². The molecule has 166 valence electrons. The number of hydrogen-bond acceptors (Lipinski definition) is 5. The van der Waals surface area contributed by atoms with Gasteiger partial charge in [-0.3, -0.25) is 0 Å². The molecule has 0 unspecified atom stereocenters. The van der Waals surface area contributed by atoms with Crippen molar-refractivity contribution in [3.05, 3.63) is 94.5 Å². The summed E-state index contributed by atoms with van der Waals surface area (Å²) in [5.41, 5.74) is 3.95. The van der Waals surface area contributed by atoms with Crippen LogP contribution in [0.2, 0.25) is 0 Å². The Balaban J connectivity index is 1.82. The molecule has 32 heavy (non-hydrogen) atoms. The van der Waals surface area contributed by atoms with E-state index in [4.69, 9.17) is 9.47 Å². The molecule has 0 spiro atoms. The van der Waals surface area contributed by atoms with E-state index in [0.717, 1.165) is 42.6 Å². The molecule has 5 heteroatoms. The first-order valence-corrected chi connectivity index (χ1v) is 10.9. The second-order valence-corrected chi connectivity index (χ2v) is 7.79. The quantitative estimate of drug-likeness (QED) is 0.284. The third kappa shape index (κ3) is 6.53. The van der Waals surface area contributed by atoms with Crippen LogP contribution in [0, 0.1) is 13.8 Å². The lowest BCUT2D eigenvalue weighted by atomic mass is 10.1. The van der Waals surface area contributed by atoms with Crippen LogP contribution in [0.1, 0.15) is 50.8 Å². The SMILES string of the molecule is CCCNCCc1ccc(OC(=O)c2ccc(C)cc2)c(OC(=O)c2ccc(C)cc2)c1. The third-order valence-corrected chi connectivity index (χ3v) is 5.01. The van der Waals surface area contributed by atoms with Crippen molar-refractivity contribution in [2.75, 3.05) is 13.1 Å². The summed E-state index contributed by atoms with van der Waals surface area (Å²) in [6, 6.07) is 19.6. The summed E-state index contributed by atoms with van der Waals surface area (Å²) in [6.07, 6.45) is 1.83. The molecule has 3 aromatic rings. The third-order valence-electron chi connectivity index (χ3n) is 5.01. The smallest absolute Gasteiger partial charge is 0.343 e. The van der Waals surface area contributed by atoms with E-state index in [1.165, 1.54) is 0 Å². The van der Waals surface area contributed by atoms with Crippen LogP contribution in [-0.4, -0.2) is 25.0 Å². The average Bonchev–Trinajstić information content (AvgIpc) is 2.79. The highest BCUT2D eigenvalue weighted by Crippen LogP contribution is 2.30. The molecule has 0 amide bonds. The van der Waals surface area contributed by atoms with Gasteiger partial charge in [-0.1, -0.05) is 48.4 Å². The summed E-state index contributed by atoms with van der Waals surface area (Å²) in [5.74, 6) is -0.570. The second-order valence-electron chi connectivity index (χ2n) is 7.79. The maximum Gasteiger partial charge on any atom is 0.343 e. The van der Waals surface area contributed by atoms with E-state index in [9.17, 15) is 9.59 Å². The Hall–Kier alpha value is -3.44. The van der Waals surface area contributed by atoms with Crippen molar-refractivity contribution in [2.24, 2.45) is 0 Å². The van der Waals surface area contributed by atoms with E-state index in [1.54, 1.807) is 36.4 Å². The number of ether oxygens (including phenoxy) is 2. The number of nitrogens with one attached hydrogen (secondary N) is 1. The Kier molecular flexibility index (Phi) is 8.17. The predicted molar refractivity (Wildman–Crippen MR) is 126 cm³/mol. The summed E-state index contributed by atoms with van der Waals surface area (Å²) < 4.78 is 11.3. The van der Waals surface area contributed by atoms with Crippen molar-refractivity contribution in [2.45, 2.75) is 33.6 Å². The summed E-state index contributed by atoms with van der Waals surface area (Å²) in [7, 11) is 0. The Bertz CT molecular complexity index is 1060. The van der Waals surface area contributed by atoms with Crippen LogP contribution in [0.25, 0.3) is 0 Å². The van der Waals surface area contributed by atoms with Gasteiger partial charge in [0.15, 0.2) is 11.5 Å². The van der Waals surface area contributed by atoms with Gasteiger partial charge in [0.2, 0.25) is 0 Å². The van der Waals surface area contributed by atoms with E-state index >= 15 is 0 Å². The summed E-state index contributed by atoms with van der Waals surface area (Å²) in [6.45, 7) is 7.77. The molecule has 0 saturated carbocycles. The van der Waals surface area contributed by atoms with Gasteiger partial charge in [0.25, 0.3) is 0 Å². The zero-order valence-corrected chi connectivity index (χ0v) is 18.8. The maximum absolute atomic E-state index is 12.7. The molecule has 0 aliphatic rings. The van der Waals surface area contributed by atoms with Crippen LogP contribution >= 0.6 is 0 Å². The molecule has 5 nitrogen and oxygen atoms in total. The molecular formula is C27H29NO4. The molecule has 0 bridgehead atoms. The van der Waals surface area contributed by atoms with E-state index in [2.05, 4.69) is 12.2 Å². The van der Waals surface area contributed by atoms with Gasteiger partial charge in [-0.25, -0.2) is 9.59 Å². The van der Waals surface area contributed by atoms with Crippen LogP contribution in [0.5, 0.6) is 11.5 Å². The number of carbonyl (C=O) groups excluding carboxylic acids is 2. The lowest BCUT2D eigenvalue weighted by Gasteiger charge is -2.13. The fraction of sp³-hybridized carbons (Fsp3) is 0.259. The normalized spacial score (nSPS) is 10.6. The number of aryl methyl sites for hydroxylation is 2. The fourth-order valence-electron chi connectivity index (χ4n) is 3.10. The molecule has 0 saturated heterocycles. The van der Waals surface area contributed by atoms with Crippen molar-refractivity contribution in [1.82, 2.24) is 5.32 Å². The van der Waals surface area contributed by atoms with Crippen LogP contribution in [0.3, 0.4) is 0 Å². The number of carbonyl (C=O) groups is 2. The highest BCUT2D eigenvalue weighted by atomic mass is 16.6. The largest absolute Gasteiger partial charge is 0.419 e. The lowest BCUT2D eigenvalue weighted by molar-refractivity contribution is 0.0682. The van der Waals surface area contributed by atoms with Gasteiger partial charge in [-0.15, -0.1) is 0 Å². The molecule has 0 aromatic heterocycles. The monoisotopic (exact) mass is 431 g/mol. The lowest BCUT2D eigenvalue weighted by Crippen LogP contribution is -2.18.